The summed E-state index contributed by atoms with van der Waals surface area (Å²) < 4.78 is 0. The highest BCUT2D eigenvalue weighted by Crippen LogP contribution is 2.25. The zero-order valence-corrected chi connectivity index (χ0v) is 18.1. The van der Waals surface area contributed by atoms with Gasteiger partial charge in [-0.1, -0.05) is 12.1 Å². The number of aliphatic hydroxyl groups is 1. The zero-order chi connectivity index (χ0) is 22.6. The van der Waals surface area contributed by atoms with Gasteiger partial charge in [-0.2, -0.15) is 0 Å². The molecule has 3 heterocycles. The molecule has 1 aliphatic carbocycles. The van der Waals surface area contributed by atoms with Crippen LogP contribution >= 0.6 is 0 Å². The molecule has 33 heavy (non-hydrogen) atoms. The van der Waals surface area contributed by atoms with Crippen LogP contribution in [-0.4, -0.2) is 37.2 Å². The van der Waals surface area contributed by atoms with E-state index in [4.69, 9.17) is 5.73 Å². The number of benzene rings is 1. The van der Waals surface area contributed by atoms with Crippen molar-refractivity contribution in [1.82, 2.24) is 19.9 Å². The molecular formula is C24H26N8O. The van der Waals surface area contributed by atoms with Gasteiger partial charge in [0.1, 0.15) is 5.82 Å². The van der Waals surface area contributed by atoms with Crippen LogP contribution in [0.3, 0.4) is 0 Å². The summed E-state index contributed by atoms with van der Waals surface area (Å²) in [4.78, 5) is 17.6. The third-order valence-electron chi connectivity index (χ3n) is 5.77. The fourth-order valence-corrected chi connectivity index (χ4v) is 4.04. The average molecular weight is 443 g/mol. The van der Waals surface area contributed by atoms with Gasteiger partial charge in [-0.15, -0.1) is 0 Å². The molecule has 2 unspecified atom stereocenters. The number of pyridine rings is 2. The lowest BCUT2D eigenvalue weighted by molar-refractivity contribution is 0.171. The molecule has 9 nitrogen and oxygen atoms in total. The molecule has 3 aromatic heterocycles. The Hall–Kier alpha value is -3.98. The van der Waals surface area contributed by atoms with Crippen molar-refractivity contribution in [3.8, 4) is 0 Å². The van der Waals surface area contributed by atoms with Gasteiger partial charge in [0.05, 0.1) is 23.9 Å². The van der Waals surface area contributed by atoms with E-state index in [1.807, 2.05) is 36.4 Å². The number of nitrogens with one attached hydrogen (secondary N) is 3. The Morgan fingerprint density at radius 2 is 1.94 bits per heavy atom. The fourth-order valence-electron chi connectivity index (χ4n) is 4.04. The van der Waals surface area contributed by atoms with Crippen LogP contribution in [0.4, 0.5) is 29.0 Å². The summed E-state index contributed by atoms with van der Waals surface area (Å²) >= 11 is 0. The van der Waals surface area contributed by atoms with E-state index < -0.39 is 0 Å². The number of fused-ring (bicyclic) bond motifs is 1. The van der Waals surface area contributed by atoms with Gasteiger partial charge in [0.25, 0.3) is 0 Å². The number of aliphatic hydroxyl groups excluding tert-OH is 1. The van der Waals surface area contributed by atoms with E-state index in [0.717, 1.165) is 41.4 Å². The van der Waals surface area contributed by atoms with Crippen LogP contribution in [0, 0.1) is 0 Å². The number of nitrogens with two attached hydrogens (primary N) is 1. The Balaban J connectivity index is 1.27. The minimum absolute atomic E-state index is 0.0331. The van der Waals surface area contributed by atoms with Gasteiger partial charge in [0, 0.05) is 36.1 Å². The number of nitrogen functional groups attached to an aromatic ring is 1. The van der Waals surface area contributed by atoms with Gasteiger partial charge < -0.3 is 26.8 Å². The molecule has 5 rings (SSSR count). The number of hydrogen-bond acceptors (Lipinski definition) is 9. The van der Waals surface area contributed by atoms with Crippen LogP contribution in [0.25, 0.3) is 10.9 Å². The first-order valence-electron chi connectivity index (χ1n) is 11.0. The largest absolute Gasteiger partial charge is 0.391 e. The SMILES string of the molecule is Nc1ncc(Nc2ccnc(NC3CCCC3O)c2)nc1NCc1ccc2ncccc2c1. The predicted octanol–water partition coefficient (Wildman–Crippen LogP) is 3.68. The normalized spacial score (nSPS) is 17.7. The van der Waals surface area contributed by atoms with Crippen LogP contribution in [-0.2, 0) is 6.54 Å². The molecule has 0 aliphatic heterocycles. The fraction of sp³-hybridized carbons (Fsp3) is 0.250. The second-order valence-electron chi connectivity index (χ2n) is 8.18. The molecular weight excluding hydrogens is 416 g/mol. The molecule has 1 fully saturated rings. The van der Waals surface area contributed by atoms with Crippen LogP contribution in [0.1, 0.15) is 24.8 Å². The first-order valence-corrected chi connectivity index (χ1v) is 11.0. The Labute approximate surface area is 191 Å². The lowest BCUT2D eigenvalue weighted by Gasteiger charge is -2.17. The molecule has 168 valence electrons. The molecule has 0 bridgehead atoms. The smallest absolute Gasteiger partial charge is 0.171 e. The van der Waals surface area contributed by atoms with E-state index in [1.54, 1.807) is 18.6 Å². The molecule has 9 heteroatoms. The molecule has 4 aromatic rings. The van der Waals surface area contributed by atoms with E-state index in [2.05, 4.69) is 42.0 Å². The van der Waals surface area contributed by atoms with Crippen molar-refractivity contribution in [3.63, 3.8) is 0 Å². The molecule has 0 saturated heterocycles. The number of hydrogen-bond donors (Lipinski definition) is 5. The first-order chi connectivity index (χ1) is 16.1. The lowest BCUT2D eigenvalue weighted by atomic mass is 10.1. The summed E-state index contributed by atoms with van der Waals surface area (Å²) in [5.74, 6) is 2.11. The van der Waals surface area contributed by atoms with Crippen molar-refractivity contribution in [2.75, 3.05) is 21.7 Å². The van der Waals surface area contributed by atoms with Crippen molar-refractivity contribution in [3.05, 3.63) is 66.6 Å². The van der Waals surface area contributed by atoms with Gasteiger partial charge in [-0.05, 0) is 49.1 Å². The number of aromatic nitrogens is 4. The topological polar surface area (TPSA) is 134 Å². The third kappa shape index (κ3) is 4.93. The molecule has 0 spiro atoms. The third-order valence-corrected chi connectivity index (χ3v) is 5.77. The van der Waals surface area contributed by atoms with Crippen LogP contribution in [0.2, 0.25) is 0 Å². The second kappa shape index (κ2) is 9.25. The maximum atomic E-state index is 10.1. The summed E-state index contributed by atoms with van der Waals surface area (Å²) in [6.45, 7) is 0.556. The van der Waals surface area contributed by atoms with Crippen molar-refractivity contribution >= 4 is 39.9 Å². The molecule has 0 radical (unpaired) electrons. The lowest BCUT2D eigenvalue weighted by Crippen LogP contribution is -2.28. The van der Waals surface area contributed by atoms with Gasteiger partial charge in [-0.25, -0.2) is 15.0 Å². The standard InChI is InChI=1S/C24H26N8O/c25-23-24(29-13-15-6-7-18-16(11-15)3-2-9-26-18)32-22(14-28-23)30-17-8-10-27-21(12-17)31-19-4-1-5-20(19)33/h2-3,6-12,14,19-20,33H,1,4-5,13H2,(H2,25,28)(H3,27,29,30,31,32). The zero-order valence-electron chi connectivity index (χ0n) is 18.1. The summed E-state index contributed by atoms with van der Waals surface area (Å²) in [5.41, 5.74) is 8.91. The van der Waals surface area contributed by atoms with Gasteiger partial charge in [0.2, 0.25) is 0 Å². The van der Waals surface area contributed by atoms with Crippen LogP contribution in [0.5, 0.6) is 0 Å². The Morgan fingerprint density at radius 1 is 1.00 bits per heavy atom. The molecule has 2 atom stereocenters. The van der Waals surface area contributed by atoms with E-state index in [9.17, 15) is 5.11 Å². The van der Waals surface area contributed by atoms with E-state index in [-0.39, 0.29) is 12.1 Å². The highest BCUT2D eigenvalue weighted by molar-refractivity contribution is 5.79. The van der Waals surface area contributed by atoms with Gasteiger partial charge in [-0.3, -0.25) is 4.98 Å². The van der Waals surface area contributed by atoms with E-state index in [0.29, 0.717) is 29.8 Å². The molecule has 1 aromatic carbocycles. The Kier molecular flexibility index (Phi) is 5.86. The minimum atomic E-state index is -0.334. The van der Waals surface area contributed by atoms with Crippen molar-refractivity contribution in [2.45, 2.75) is 38.0 Å². The quantitative estimate of drug-likeness (QED) is 0.290. The second-order valence-corrected chi connectivity index (χ2v) is 8.18. The summed E-state index contributed by atoms with van der Waals surface area (Å²) in [7, 11) is 0. The number of anilines is 5. The highest BCUT2D eigenvalue weighted by atomic mass is 16.3. The minimum Gasteiger partial charge on any atom is -0.391 e. The predicted molar refractivity (Wildman–Crippen MR) is 130 cm³/mol. The summed E-state index contributed by atoms with van der Waals surface area (Å²) in [6.07, 6.45) is 7.54. The van der Waals surface area contributed by atoms with Crippen LogP contribution < -0.4 is 21.7 Å². The van der Waals surface area contributed by atoms with Gasteiger partial charge in [0.15, 0.2) is 17.5 Å². The molecule has 0 amide bonds. The van der Waals surface area contributed by atoms with Gasteiger partial charge >= 0.3 is 0 Å². The first kappa shape index (κ1) is 20.9. The van der Waals surface area contributed by atoms with E-state index in [1.165, 1.54) is 0 Å². The monoisotopic (exact) mass is 442 g/mol. The molecule has 1 saturated carbocycles. The molecule has 1 aliphatic rings. The maximum Gasteiger partial charge on any atom is 0.171 e. The van der Waals surface area contributed by atoms with E-state index >= 15 is 0 Å². The number of rotatable bonds is 7. The van der Waals surface area contributed by atoms with Crippen molar-refractivity contribution in [1.29, 1.82) is 0 Å². The summed E-state index contributed by atoms with van der Waals surface area (Å²) in [6, 6.07) is 13.9. The molecule has 6 N–H and O–H groups in total. The Bertz CT molecular complexity index is 1260. The number of nitrogens with zero attached hydrogens (tertiary/aromatic N) is 4. The van der Waals surface area contributed by atoms with Crippen LogP contribution in [0.15, 0.2) is 61.1 Å². The average Bonchev–Trinajstić information content (AvgIpc) is 3.23. The maximum absolute atomic E-state index is 10.1. The highest BCUT2D eigenvalue weighted by Gasteiger charge is 2.25. The Morgan fingerprint density at radius 3 is 2.82 bits per heavy atom. The summed E-state index contributed by atoms with van der Waals surface area (Å²) in [5, 5.41) is 21.0. The van der Waals surface area contributed by atoms with Crippen molar-refractivity contribution in [2.24, 2.45) is 0 Å². The van der Waals surface area contributed by atoms with Crippen molar-refractivity contribution < 1.29 is 5.11 Å².